The van der Waals surface area contributed by atoms with Crippen molar-refractivity contribution in [2.75, 3.05) is 7.05 Å². The zero-order chi connectivity index (χ0) is 14.4. The molecule has 0 aliphatic carbocycles. The Hall–Kier alpha value is -1.35. The highest BCUT2D eigenvalue weighted by Crippen LogP contribution is 2.27. The number of hydrogen-bond donors (Lipinski definition) is 1. The smallest absolute Gasteiger partial charge is 0.239 e. The van der Waals surface area contributed by atoms with Gasteiger partial charge >= 0.3 is 0 Å². The molecule has 0 fully saturated rings. The molecule has 0 spiro atoms. The summed E-state index contributed by atoms with van der Waals surface area (Å²) >= 11 is 0. The highest BCUT2D eigenvalue weighted by Gasteiger charge is 2.27. The van der Waals surface area contributed by atoms with Gasteiger partial charge in [-0.25, -0.2) is 0 Å². The maximum atomic E-state index is 12.4. The molecule has 0 aliphatic rings. The number of carbonyl (C=O) groups is 1. The Morgan fingerprint density at radius 1 is 1.26 bits per heavy atom. The third-order valence-corrected chi connectivity index (χ3v) is 3.45. The molecule has 0 bridgehead atoms. The second-order valence-corrected chi connectivity index (χ2v) is 5.44. The van der Waals surface area contributed by atoms with Crippen molar-refractivity contribution in [3.05, 3.63) is 35.9 Å². The Morgan fingerprint density at radius 3 is 2.32 bits per heavy atom. The molecule has 0 aromatic heterocycles. The van der Waals surface area contributed by atoms with Crippen LogP contribution in [0.15, 0.2) is 30.3 Å². The van der Waals surface area contributed by atoms with Gasteiger partial charge in [0.25, 0.3) is 0 Å². The first-order valence-electron chi connectivity index (χ1n) is 7.06. The van der Waals surface area contributed by atoms with Gasteiger partial charge in [-0.05, 0) is 17.9 Å². The van der Waals surface area contributed by atoms with E-state index in [1.54, 1.807) is 4.90 Å². The Balaban J connectivity index is 2.91. The molecule has 3 heteroatoms. The Morgan fingerprint density at radius 2 is 1.84 bits per heavy atom. The summed E-state index contributed by atoms with van der Waals surface area (Å²) in [7, 11) is 1.86. The third-order valence-electron chi connectivity index (χ3n) is 3.45. The predicted octanol–water partition coefficient (Wildman–Crippen LogP) is 2.97. The van der Waals surface area contributed by atoms with Gasteiger partial charge in [-0.2, -0.15) is 0 Å². The minimum Gasteiger partial charge on any atom is -0.337 e. The lowest BCUT2D eigenvalue weighted by molar-refractivity contribution is -0.134. The summed E-state index contributed by atoms with van der Waals surface area (Å²) in [5.41, 5.74) is 7.12. The minimum absolute atomic E-state index is 0.0319. The van der Waals surface area contributed by atoms with Crippen molar-refractivity contribution in [2.45, 2.75) is 45.7 Å². The van der Waals surface area contributed by atoms with Gasteiger partial charge in [0.2, 0.25) is 5.91 Å². The molecule has 0 saturated heterocycles. The number of nitrogens with two attached hydrogens (primary N) is 1. The predicted molar refractivity (Wildman–Crippen MR) is 79.7 cm³/mol. The van der Waals surface area contributed by atoms with Crippen LogP contribution in [0.5, 0.6) is 0 Å². The minimum atomic E-state index is -0.389. The summed E-state index contributed by atoms with van der Waals surface area (Å²) in [5, 5.41) is 0. The Labute approximate surface area is 116 Å². The zero-order valence-corrected chi connectivity index (χ0v) is 12.5. The second-order valence-electron chi connectivity index (χ2n) is 5.44. The molecule has 3 nitrogen and oxygen atoms in total. The average molecular weight is 262 g/mol. The van der Waals surface area contributed by atoms with E-state index in [1.165, 1.54) is 0 Å². The van der Waals surface area contributed by atoms with Gasteiger partial charge in [0.15, 0.2) is 0 Å². The molecule has 1 rings (SSSR count). The molecule has 2 N–H and O–H groups in total. The lowest BCUT2D eigenvalue weighted by atomic mass is 9.94. The number of amides is 1. The van der Waals surface area contributed by atoms with Crippen LogP contribution in [-0.4, -0.2) is 23.9 Å². The van der Waals surface area contributed by atoms with Crippen molar-refractivity contribution in [3.63, 3.8) is 0 Å². The van der Waals surface area contributed by atoms with Gasteiger partial charge in [-0.3, -0.25) is 4.79 Å². The molecule has 19 heavy (non-hydrogen) atoms. The van der Waals surface area contributed by atoms with E-state index in [4.69, 9.17) is 5.73 Å². The zero-order valence-electron chi connectivity index (χ0n) is 12.5. The number of benzene rings is 1. The average Bonchev–Trinajstić information content (AvgIpc) is 2.39. The van der Waals surface area contributed by atoms with E-state index >= 15 is 0 Å². The maximum Gasteiger partial charge on any atom is 0.239 e. The van der Waals surface area contributed by atoms with Gasteiger partial charge in [-0.15, -0.1) is 0 Å². The van der Waals surface area contributed by atoms with E-state index in [0.29, 0.717) is 5.92 Å². The molecule has 1 amide bonds. The van der Waals surface area contributed by atoms with Gasteiger partial charge < -0.3 is 10.6 Å². The van der Waals surface area contributed by atoms with Crippen LogP contribution in [0.25, 0.3) is 0 Å². The van der Waals surface area contributed by atoms with Crippen LogP contribution in [0.1, 0.15) is 45.2 Å². The molecule has 0 aliphatic heterocycles. The van der Waals surface area contributed by atoms with Crippen molar-refractivity contribution in [2.24, 2.45) is 11.7 Å². The third kappa shape index (κ3) is 4.06. The van der Waals surface area contributed by atoms with Crippen molar-refractivity contribution >= 4 is 5.91 Å². The molecule has 2 atom stereocenters. The summed E-state index contributed by atoms with van der Waals surface area (Å²) < 4.78 is 0. The monoisotopic (exact) mass is 262 g/mol. The van der Waals surface area contributed by atoms with Crippen LogP contribution in [0.3, 0.4) is 0 Å². The van der Waals surface area contributed by atoms with Gasteiger partial charge in [0.05, 0.1) is 12.1 Å². The highest BCUT2D eigenvalue weighted by molar-refractivity contribution is 5.81. The van der Waals surface area contributed by atoms with Crippen LogP contribution >= 0.6 is 0 Å². The highest BCUT2D eigenvalue weighted by atomic mass is 16.2. The van der Waals surface area contributed by atoms with E-state index in [0.717, 1.165) is 18.4 Å². The number of carbonyl (C=O) groups excluding carboxylic acids is 1. The van der Waals surface area contributed by atoms with Gasteiger partial charge in [0.1, 0.15) is 0 Å². The quantitative estimate of drug-likeness (QED) is 0.856. The van der Waals surface area contributed by atoms with E-state index in [2.05, 4.69) is 26.0 Å². The summed E-state index contributed by atoms with van der Waals surface area (Å²) in [6.07, 6.45) is 1.67. The second kappa shape index (κ2) is 7.29. The fourth-order valence-electron chi connectivity index (χ4n) is 2.54. The number of likely N-dealkylation sites (N-methyl/N-ethyl adjacent to an activating group) is 1. The van der Waals surface area contributed by atoms with Crippen molar-refractivity contribution < 1.29 is 4.79 Å². The van der Waals surface area contributed by atoms with Crippen LogP contribution in [-0.2, 0) is 4.79 Å². The van der Waals surface area contributed by atoms with Crippen LogP contribution in [0, 0.1) is 5.92 Å². The molecule has 106 valence electrons. The topological polar surface area (TPSA) is 46.3 Å². The number of hydrogen-bond acceptors (Lipinski definition) is 2. The summed E-state index contributed by atoms with van der Waals surface area (Å²) in [4.78, 5) is 14.2. The molecular weight excluding hydrogens is 236 g/mol. The fraction of sp³-hybridized carbons (Fsp3) is 0.562. The molecule has 2 unspecified atom stereocenters. The number of nitrogens with zero attached hydrogens (tertiary/aromatic N) is 1. The lowest BCUT2D eigenvalue weighted by Gasteiger charge is -2.33. The standard InChI is InChI=1S/C16H26N2O/c1-5-9-14(17)16(19)18(4)15(12(2)3)13-10-7-6-8-11-13/h6-8,10-12,14-15H,5,9,17H2,1-4H3. The van der Waals surface area contributed by atoms with Crippen LogP contribution in [0.4, 0.5) is 0 Å². The molecule has 0 heterocycles. The number of rotatable bonds is 6. The van der Waals surface area contributed by atoms with Gasteiger partial charge in [0, 0.05) is 7.05 Å². The SMILES string of the molecule is CCCC(N)C(=O)N(C)C(c1ccccc1)C(C)C. The molecule has 0 saturated carbocycles. The normalized spacial score (nSPS) is 14.2. The van der Waals surface area contributed by atoms with E-state index < -0.39 is 0 Å². The first-order valence-corrected chi connectivity index (χ1v) is 7.06. The Kier molecular flexibility index (Phi) is 6.03. The van der Waals surface area contributed by atoms with Gasteiger partial charge in [-0.1, -0.05) is 57.5 Å². The summed E-state index contributed by atoms with van der Waals surface area (Å²) in [6, 6.07) is 9.84. The van der Waals surface area contributed by atoms with Crippen molar-refractivity contribution in [3.8, 4) is 0 Å². The molecule has 1 aromatic rings. The molecule has 1 aromatic carbocycles. The summed E-state index contributed by atoms with van der Waals surface area (Å²) in [5.74, 6) is 0.384. The Bertz CT molecular complexity index is 389. The largest absolute Gasteiger partial charge is 0.337 e. The molecule has 0 radical (unpaired) electrons. The van der Waals surface area contributed by atoms with E-state index in [9.17, 15) is 4.79 Å². The van der Waals surface area contributed by atoms with Crippen LogP contribution < -0.4 is 5.73 Å². The van der Waals surface area contributed by atoms with Crippen molar-refractivity contribution in [1.29, 1.82) is 0 Å². The lowest BCUT2D eigenvalue weighted by Crippen LogP contribution is -2.44. The fourth-order valence-corrected chi connectivity index (χ4v) is 2.54. The van der Waals surface area contributed by atoms with E-state index in [1.807, 2.05) is 32.2 Å². The first-order chi connectivity index (χ1) is 8.99. The first kappa shape index (κ1) is 15.7. The van der Waals surface area contributed by atoms with Crippen molar-refractivity contribution in [1.82, 2.24) is 4.90 Å². The van der Waals surface area contributed by atoms with Crippen LogP contribution in [0.2, 0.25) is 0 Å². The maximum absolute atomic E-state index is 12.4. The summed E-state index contributed by atoms with van der Waals surface area (Å²) in [6.45, 7) is 6.31. The molecular formula is C16H26N2O. The van der Waals surface area contributed by atoms with E-state index in [-0.39, 0.29) is 18.0 Å².